The first-order valence-corrected chi connectivity index (χ1v) is 5.91. The summed E-state index contributed by atoms with van der Waals surface area (Å²) in [6.07, 6.45) is 0. The first-order valence-electron chi connectivity index (χ1n) is 5.91. The van der Waals surface area contributed by atoms with Crippen LogP contribution in [0.3, 0.4) is 0 Å². The van der Waals surface area contributed by atoms with E-state index < -0.39 is 43.5 Å². The summed E-state index contributed by atoms with van der Waals surface area (Å²) in [5.74, 6) is -4.20. The Bertz CT molecular complexity index is 382. The molecule has 0 atom stereocenters. The molecule has 0 heterocycles. The summed E-state index contributed by atoms with van der Waals surface area (Å²) in [6.45, 7) is -1.71. The summed E-state index contributed by atoms with van der Waals surface area (Å²) in [6, 6.07) is 0. The van der Waals surface area contributed by atoms with Gasteiger partial charge in [0.2, 0.25) is 0 Å². The number of hydrogen-bond acceptors (Lipinski definition) is 7. The van der Waals surface area contributed by atoms with Crippen LogP contribution in [0.5, 0.6) is 0 Å². The van der Waals surface area contributed by atoms with Crippen LogP contribution in [0.4, 0.5) is 0 Å². The number of aliphatic carboxylic acids is 3. The van der Waals surface area contributed by atoms with E-state index in [1.54, 1.807) is 0 Å². The number of methoxy groups -OCH3 is 1. The fraction of sp³-hybridized carbons (Fsp3) is 0.636. The Morgan fingerprint density at radius 2 is 1.10 bits per heavy atom. The largest absolute Gasteiger partial charge is 0.480 e. The second-order valence-electron chi connectivity index (χ2n) is 4.18. The van der Waals surface area contributed by atoms with Crippen molar-refractivity contribution in [2.75, 3.05) is 46.4 Å². The molecule has 0 spiro atoms. The Labute approximate surface area is 120 Å². The molecule has 0 aliphatic carbocycles. The molecule has 0 radical (unpaired) electrons. The fourth-order valence-electron chi connectivity index (χ4n) is 1.53. The third-order valence-electron chi connectivity index (χ3n) is 2.39. The van der Waals surface area contributed by atoms with Gasteiger partial charge in [0.25, 0.3) is 0 Å². The molecular weight excluding hydrogens is 288 g/mol. The second kappa shape index (κ2) is 9.66. The SMILES string of the molecule is COC(=O)CN(CCN(CC(=O)O)CC(=O)O)CC(=O)O. The number of hydrogen-bond donors (Lipinski definition) is 3. The molecule has 0 aliphatic heterocycles. The van der Waals surface area contributed by atoms with E-state index in [0.29, 0.717) is 0 Å². The molecule has 0 rings (SSSR count). The van der Waals surface area contributed by atoms with Crippen molar-refractivity contribution in [1.29, 1.82) is 0 Å². The van der Waals surface area contributed by atoms with Crippen LogP contribution in [0, 0.1) is 0 Å². The molecule has 0 saturated carbocycles. The van der Waals surface area contributed by atoms with Gasteiger partial charge in [-0.05, 0) is 0 Å². The number of carbonyl (C=O) groups excluding carboxylic acids is 1. The van der Waals surface area contributed by atoms with Gasteiger partial charge in [-0.25, -0.2) is 0 Å². The molecule has 10 heteroatoms. The molecule has 21 heavy (non-hydrogen) atoms. The molecular formula is C11H18N2O8. The van der Waals surface area contributed by atoms with E-state index in [1.807, 2.05) is 0 Å². The summed E-state index contributed by atoms with van der Waals surface area (Å²) in [5.41, 5.74) is 0. The Morgan fingerprint density at radius 1 is 0.762 bits per heavy atom. The molecule has 10 nitrogen and oxygen atoms in total. The Balaban J connectivity index is 4.56. The molecule has 0 amide bonds. The molecule has 0 bridgehead atoms. The van der Waals surface area contributed by atoms with Gasteiger partial charge in [-0.1, -0.05) is 0 Å². The summed E-state index contributed by atoms with van der Waals surface area (Å²) in [4.78, 5) is 45.4. The minimum absolute atomic E-state index is 0.0110. The highest BCUT2D eigenvalue weighted by Gasteiger charge is 2.18. The van der Waals surface area contributed by atoms with Crippen molar-refractivity contribution in [3.8, 4) is 0 Å². The highest BCUT2D eigenvalue weighted by molar-refractivity contribution is 5.74. The molecule has 0 unspecified atom stereocenters. The monoisotopic (exact) mass is 306 g/mol. The van der Waals surface area contributed by atoms with Crippen LogP contribution >= 0.6 is 0 Å². The molecule has 0 aromatic carbocycles. The van der Waals surface area contributed by atoms with Crippen LogP contribution in [0.2, 0.25) is 0 Å². The second-order valence-corrected chi connectivity index (χ2v) is 4.18. The zero-order valence-electron chi connectivity index (χ0n) is 11.5. The lowest BCUT2D eigenvalue weighted by atomic mass is 10.4. The summed E-state index contributed by atoms with van der Waals surface area (Å²) < 4.78 is 4.42. The lowest BCUT2D eigenvalue weighted by molar-refractivity contribution is -0.146. The van der Waals surface area contributed by atoms with Gasteiger partial charge in [-0.2, -0.15) is 0 Å². The number of ether oxygens (including phenoxy) is 1. The normalized spacial score (nSPS) is 10.6. The van der Waals surface area contributed by atoms with Gasteiger partial charge in [-0.3, -0.25) is 29.0 Å². The van der Waals surface area contributed by atoms with Crippen molar-refractivity contribution in [2.45, 2.75) is 0 Å². The van der Waals surface area contributed by atoms with Crippen LogP contribution in [0.25, 0.3) is 0 Å². The average Bonchev–Trinajstić information content (AvgIpc) is 2.33. The van der Waals surface area contributed by atoms with E-state index in [9.17, 15) is 19.2 Å². The van der Waals surface area contributed by atoms with Crippen LogP contribution in [0.1, 0.15) is 0 Å². The fourth-order valence-corrected chi connectivity index (χ4v) is 1.53. The maximum atomic E-state index is 11.1. The van der Waals surface area contributed by atoms with E-state index in [4.69, 9.17) is 15.3 Å². The minimum atomic E-state index is -1.20. The first-order chi connectivity index (χ1) is 9.74. The number of carboxylic acid groups (broad SMARTS) is 3. The lowest BCUT2D eigenvalue weighted by Gasteiger charge is -2.23. The van der Waals surface area contributed by atoms with Gasteiger partial charge < -0.3 is 20.1 Å². The van der Waals surface area contributed by atoms with Crippen LogP contribution in [0.15, 0.2) is 0 Å². The summed E-state index contributed by atoms with van der Waals surface area (Å²) in [7, 11) is 1.16. The Morgan fingerprint density at radius 3 is 1.38 bits per heavy atom. The predicted octanol–water partition coefficient (Wildman–Crippen LogP) is -1.98. The molecule has 3 N–H and O–H groups in total. The third-order valence-corrected chi connectivity index (χ3v) is 2.39. The Kier molecular flexibility index (Phi) is 8.65. The molecule has 120 valence electrons. The van der Waals surface area contributed by atoms with Crippen molar-refractivity contribution in [3.63, 3.8) is 0 Å². The van der Waals surface area contributed by atoms with Crippen LogP contribution < -0.4 is 0 Å². The zero-order valence-corrected chi connectivity index (χ0v) is 11.5. The van der Waals surface area contributed by atoms with E-state index in [0.717, 1.165) is 12.0 Å². The topological polar surface area (TPSA) is 145 Å². The van der Waals surface area contributed by atoms with Gasteiger partial charge in [0.1, 0.15) is 0 Å². The van der Waals surface area contributed by atoms with Gasteiger partial charge in [-0.15, -0.1) is 0 Å². The van der Waals surface area contributed by atoms with Gasteiger partial charge in [0.05, 0.1) is 33.3 Å². The zero-order chi connectivity index (χ0) is 16.4. The predicted molar refractivity (Wildman–Crippen MR) is 67.8 cm³/mol. The first kappa shape index (κ1) is 18.8. The maximum absolute atomic E-state index is 11.1. The standard InChI is InChI=1S/C11H18N2O8/c1-21-11(20)7-13(6-10(18)19)3-2-12(4-8(14)15)5-9(16)17/h2-7H2,1H3,(H,14,15)(H,16,17)(H,18,19). The van der Waals surface area contributed by atoms with Crippen LogP contribution in [-0.2, 0) is 23.9 Å². The van der Waals surface area contributed by atoms with Crippen molar-refractivity contribution < 1.29 is 39.2 Å². The van der Waals surface area contributed by atoms with Gasteiger partial charge in [0.15, 0.2) is 0 Å². The maximum Gasteiger partial charge on any atom is 0.319 e. The van der Waals surface area contributed by atoms with Crippen molar-refractivity contribution in [1.82, 2.24) is 9.80 Å². The molecule has 0 aromatic rings. The minimum Gasteiger partial charge on any atom is -0.480 e. The average molecular weight is 306 g/mol. The number of carboxylic acids is 3. The van der Waals surface area contributed by atoms with E-state index in [1.165, 1.54) is 4.90 Å². The number of rotatable bonds is 11. The van der Waals surface area contributed by atoms with Crippen molar-refractivity contribution >= 4 is 23.9 Å². The van der Waals surface area contributed by atoms with Crippen molar-refractivity contribution in [2.24, 2.45) is 0 Å². The highest BCUT2D eigenvalue weighted by Crippen LogP contribution is 1.95. The molecule has 0 saturated heterocycles. The molecule has 0 aromatic heterocycles. The smallest absolute Gasteiger partial charge is 0.319 e. The number of nitrogens with zero attached hydrogens (tertiary/aromatic N) is 2. The number of carbonyl (C=O) groups is 4. The van der Waals surface area contributed by atoms with Gasteiger partial charge in [0, 0.05) is 13.1 Å². The molecule has 0 fully saturated rings. The highest BCUT2D eigenvalue weighted by atomic mass is 16.5. The van der Waals surface area contributed by atoms with Gasteiger partial charge >= 0.3 is 23.9 Å². The van der Waals surface area contributed by atoms with E-state index in [-0.39, 0.29) is 19.6 Å². The van der Waals surface area contributed by atoms with Crippen LogP contribution in [-0.4, -0.2) is 95.4 Å². The number of esters is 1. The third kappa shape index (κ3) is 10.3. The van der Waals surface area contributed by atoms with Crippen molar-refractivity contribution in [3.05, 3.63) is 0 Å². The van der Waals surface area contributed by atoms with E-state index in [2.05, 4.69) is 4.74 Å². The van der Waals surface area contributed by atoms with E-state index >= 15 is 0 Å². The molecule has 0 aliphatic rings. The summed E-state index contributed by atoms with van der Waals surface area (Å²) >= 11 is 0. The lowest BCUT2D eigenvalue weighted by Crippen LogP contribution is -2.43. The quantitative estimate of drug-likeness (QED) is 0.367. The Hall–Kier alpha value is -2.20. The summed E-state index contributed by atoms with van der Waals surface area (Å²) in [5, 5.41) is 26.1.